The molecule has 0 aromatic heterocycles. The van der Waals surface area contributed by atoms with Crippen molar-refractivity contribution in [2.24, 2.45) is 0 Å². The van der Waals surface area contributed by atoms with E-state index in [2.05, 4.69) is 5.32 Å². The van der Waals surface area contributed by atoms with Gasteiger partial charge in [0.05, 0.1) is 12.2 Å². The third-order valence-corrected chi connectivity index (χ3v) is 4.41. The molecule has 0 aliphatic carbocycles. The van der Waals surface area contributed by atoms with Crippen molar-refractivity contribution in [1.29, 1.82) is 0 Å². The summed E-state index contributed by atoms with van der Waals surface area (Å²) in [6, 6.07) is 9.23. The molecule has 0 atom stereocenters. The molecule has 2 amide bonds. The summed E-state index contributed by atoms with van der Waals surface area (Å²) in [4.78, 5) is 27.6. The molecule has 8 heteroatoms. The average Bonchev–Trinajstić information content (AvgIpc) is 2.68. The quantitative estimate of drug-likeness (QED) is 0.889. The minimum atomic E-state index is -1.13. The molecule has 5 nitrogen and oxygen atoms in total. The number of carbonyl (C=O) groups excluding carboxylic acids is 2. The lowest BCUT2D eigenvalue weighted by molar-refractivity contribution is -0.130. The van der Waals surface area contributed by atoms with Crippen LogP contribution < -0.4 is 10.2 Å². The minimum absolute atomic E-state index is 0.0638. The van der Waals surface area contributed by atoms with E-state index in [0.29, 0.717) is 31.9 Å². The van der Waals surface area contributed by atoms with Crippen LogP contribution in [0.1, 0.15) is 10.4 Å². The fourth-order valence-corrected chi connectivity index (χ4v) is 2.91. The molecule has 1 heterocycles. The summed E-state index contributed by atoms with van der Waals surface area (Å²) < 4.78 is 39.9. The van der Waals surface area contributed by atoms with Crippen LogP contribution in [-0.2, 0) is 4.79 Å². The van der Waals surface area contributed by atoms with Gasteiger partial charge in [-0.2, -0.15) is 0 Å². The lowest BCUT2D eigenvalue weighted by Crippen LogP contribution is -2.51. The van der Waals surface area contributed by atoms with Gasteiger partial charge in [-0.05, 0) is 30.3 Å². The molecule has 0 saturated carbocycles. The highest BCUT2D eigenvalue weighted by Crippen LogP contribution is 2.20. The zero-order valence-electron chi connectivity index (χ0n) is 14.4. The molecule has 1 aliphatic heterocycles. The van der Waals surface area contributed by atoms with Crippen molar-refractivity contribution in [1.82, 2.24) is 10.2 Å². The second kappa shape index (κ2) is 8.11. The first kappa shape index (κ1) is 18.8. The Balaban J connectivity index is 1.50. The van der Waals surface area contributed by atoms with Crippen LogP contribution in [0.25, 0.3) is 0 Å². The Kier molecular flexibility index (Phi) is 5.63. The number of nitrogens with one attached hydrogen (secondary N) is 1. The van der Waals surface area contributed by atoms with E-state index in [1.165, 1.54) is 6.07 Å². The monoisotopic (exact) mass is 377 g/mol. The molecule has 1 fully saturated rings. The molecule has 1 N–H and O–H groups in total. The largest absolute Gasteiger partial charge is 0.366 e. The number of carbonyl (C=O) groups is 2. The SMILES string of the molecule is O=C(NCC(=O)N1CCN(c2ccccc2F)CC1)c1ccc(F)c(F)c1. The number of nitrogens with zero attached hydrogens (tertiary/aromatic N) is 2. The summed E-state index contributed by atoms with van der Waals surface area (Å²) in [5.74, 6) is -3.43. The number of piperazine rings is 1. The predicted octanol–water partition coefficient (Wildman–Crippen LogP) is 2.18. The van der Waals surface area contributed by atoms with Gasteiger partial charge in [0.2, 0.25) is 5.91 Å². The molecule has 0 unspecified atom stereocenters. The van der Waals surface area contributed by atoms with Crippen LogP contribution in [0.5, 0.6) is 0 Å². The third-order valence-electron chi connectivity index (χ3n) is 4.41. The molecule has 1 saturated heterocycles. The molecule has 2 aromatic rings. The Hall–Kier alpha value is -3.03. The van der Waals surface area contributed by atoms with Crippen molar-refractivity contribution in [3.63, 3.8) is 0 Å². The van der Waals surface area contributed by atoms with Gasteiger partial charge < -0.3 is 15.1 Å². The Morgan fingerprint density at radius 3 is 2.26 bits per heavy atom. The highest BCUT2D eigenvalue weighted by molar-refractivity contribution is 5.96. The Morgan fingerprint density at radius 2 is 1.59 bits per heavy atom. The van der Waals surface area contributed by atoms with Crippen molar-refractivity contribution in [2.75, 3.05) is 37.6 Å². The summed E-state index contributed by atoms with van der Waals surface area (Å²) in [7, 11) is 0. The highest BCUT2D eigenvalue weighted by atomic mass is 19.2. The maximum absolute atomic E-state index is 13.8. The summed E-state index contributed by atoms with van der Waals surface area (Å²) in [6.45, 7) is 1.49. The van der Waals surface area contributed by atoms with Crippen molar-refractivity contribution in [3.05, 3.63) is 65.5 Å². The first-order chi connectivity index (χ1) is 13.0. The molecule has 142 valence electrons. The number of benzene rings is 2. The zero-order chi connectivity index (χ0) is 19.4. The standard InChI is InChI=1S/C19H18F3N3O2/c20-14-6-5-13(11-16(14)22)19(27)23-12-18(26)25-9-7-24(8-10-25)17-4-2-1-3-15(17)21/h1-6,11H,7-10,12H2,(H,23,27). The Bertz CT molecular complexity index is 852. The van der Waals surface area contributed by atoms with E-state index in [-0.39, 0.29) is 23.8 Å². The number of rotatable bonds is 4. The highest BCUT2D eigenvalue weighted by Gasteiger charge is 2.23. The summed E-state index contributed by atoms with van der Waals surface area (Å²) in [5.41, 5.74) is 0.433. The van der Waals surface area contributed by atoms with Crippen LogP contribution in [0.15, 0.2) is 42.5 Å². The fraction of sp³-hybridized carbons (Fsp3) is 0.263. The lowest BCUT2D eigenvalue weighted by Gasteiger charge is -2.36. The molecule has 0 radical (unpaired) electrons. The van der Waals surface area contributed by atoms with Gasteiger partial charge in [-0.15, -0.1) is 0 Å². The van der Waals surface area contributed by atoms with Crippen molar-refractivity contribution < 1.29 is 22.8 Å². The van der Waals surface area contributed by atoms with Crippen LogP contribution >= 0.6 is 0 Å². The van der Waals surface area contributed by atoms with Gasteiger partial charge in [0.15, 0.2) is 11.6 Å². The summed E-state index contributed by atoms with van der Waals surface area (Å²) in [5, 5.41) is 2.40. The number of anilines is 1. The van der Waals surface area contributed by atoms with Crippen molar-refractivity contribution in [2.45, 2.75) is 0 Å². The molecule has 0 bridgehead atoms. The van der Waals surface area contributed by atoms with Gasteiger partial charge in [-0.1, -0.05) is 12.1 Å². The lowest BCUT2D eigenvalue weighted by atomic mass is 10.2. The topological polar surface area (TPSA) is 52.7 Å². The smallest absolute Gasteiger partial charge is 0.251 e. The maximum Gasteiger partial charge on any atom is 0.251 e. The second-order valence-electron chi connectivity index (χ2n) is 6.13. The molecular formula is C19H18F3N3O2. The van der Waals surface area contributed by atoms with Crippen molar-refractivity contribution >= 4 is 17.5 Å². The Morgan fingerprint density at radius 1 is 0.889 bits per heavy atom. The first-order valence-electron chi connectivity index (χ1n) is 8.46. The first-order valence-corrected chi connectivity index (χ1v) is 8.46. The van der Waals surface area contributed by atoms with Gasteiger partial charge in [0, 0.05) is 31.7 Å². The van der Waals surface area contributed by atoms with Crippen LogP contribution in [0.4, 0.5) is 18.9 Å². The number of para-hydroxylation sites is 1. The molecular weight excluding hydrogens is 359 g/mol. The van der Waals surface area contributed by atoms with Gasteiger partial charge in [0.1, 0.15) is 5.82 Å². The zero-order valence-corrected chi connectivity index (χ0v) is 14.4. The van der Waals surface area contributed by atoms with E-state index >= 15 is 0 Å². The third kappa shape index (κ3) is 4.39. The Labute approximate surface area is 154 Å². The van der Waals surface area contributed by atoms with E-state index in [4.69, 9.17) is 0 Å². The normalized spacial score (nSPS) is 14.2. The van der Waals surface area contributed by atoms with Crippen LogP contribution in [0, 0.1) is 17.5 Å². The molecule has 27 heavy (non-hydrogen) atoms. The number of hydrogen-bond donors (Lipinski definition) is 1. The minimum Gasteiger partial charge on any atom is -0.366 e. The number of amides is 2. The number of halogens is 3. The maximum atomic E-state index is 13.8. The van der Waals surface area contributed by atoms with Gasteiger partial charge in [0.25, 0.3) is 5.91 Å². The van der Waals surface area contributed by atoms with E-state index in [9.17, 15) is 22.8 Å². The van der Waals surface area contributed by atoms with Gasteiger partial charge in [-0.25, -0.2) is 13.2 Å². The molecule has 0 spiro atoms. The predicted molar refractivity (Wildman–Crippen MR) is 93.9 cm³/mol. The average molecular weight is 377 g/mol. The molecule has 2 aromatic carbocycles. The summed E-state index contributed by atoms with van der Waals surface area (Å²) >= 11 is 0. The second-order valence-corrected chi connectivity index (χ2v) is 6.13. The van der Waals surface area contributed by atoms with Gasteiger partial charge >= 0.3 is 0 Å². The molecule has 1 aliphatic rings. The van der Waals surface area contributed by atoms with E-state index < -0.39 is 17.5 Å². The van der Waals surface area contributed by atoms with Crippen LogP contribution in [0.3, 0.4) is 0 Å². The van der Waals surface area contributed by atoms with Crippen molar-refractivity contribution in [3.8, 4) is 0 Å². The van der Waals surface area contributed by atoms with Crippen LogP contribution in [0.2, 0.25) is 0 Å². The summed E-state index contributed by atoms with van der Waals surface area (Å²) in [6.07, 6.45) is 0. The molecule has 3 rings (SSSR count). The van der Waals surface area contributed by atoms with E-state index in [0.717, 1.165) is 18.2 Å². The fourth-order valence-electron chi connectivity index (χ4n) is 2.91. The van der Waals surface area contributed by atoms with Gasteiger partial charge in [-0.3, -0.25) is 9.59 Å². The van der Waals surface area contributed by atoms with Crippen LogP contribution in [-0.4, -0.2) is 49.4 Å². The van der Waals surface area contributed by atoms with E-state index in [1.54, 1.807) is 23.1 Å². The van der Waals surface area contributed by atoms with E-state index in [1.807, 2.05) is 4.90 Å². The number of hydrogen-bond acceptors (Lipinski definition) is 3.